The number of aliphatic hydroxyl groups excluding tert-OH is 1. The van der Waals surface area contributed by atoms with Crippen LogP contribution in [0, 0.1) is 0 Å². The molecule has 0 aromatic rings. The van der Waals surface area contributed by atoms with Gasteiger partial charge in [0.05, 0.1) is 0 Å². The van der Waals surface area contributed by atoms with Crippen molar-refractivity contribution in [3.8, 4) is 0 Å². The van der Waals surface area contributed by atoms with Gasteiger partial charge >= 0.3 is 0 Å². The van der Waals surface area contributed by atoms with Gasteiger partial charge in [-0.25, -0.2) is 0 Å². The molecule has 0 spiro atoms. The molecule has 0 radical (unpaired) electrons. The Morgan fingerprint density at radius 3 is 2.54 bits per heavy atom. The highest BCUT2D eigenvalue weighted by molar-refractivity contribution is 4.89. The second-order valence-electron chi connectivity index (χ2n) is 3.70. The van der Waals surface area contributed by atoms with Crippen LogP contribution in [-0.2, 0) is 18.9 Å². The highest BCUT2D eigenvalue weighted by Gasteiger charge is 2.54. The van der Waals surface area contributed by atoms with E-state index in [2.05, 4.69) is 0 Å². The Balaban J connectivity index is 2.07. The summed E-state index contributed by atoms with van der Waals surface area (Å²) in [6.07, 6.45) is -2.39. The van der Waals surface area contributed by atoms with E-state index >= 15 is 0 Å². The van der Waals surface area contributed by atoms with Gasteiger partial charge in [-0.2, -0.15) is 0 Å². The van der Waals surface area contributed by atoms with Crippen molar-refractivity contribution in [3.63, 3.8) is 0 Å². The summed E-state index contributed by atoms with van der Waals surface area (Å²) in [6, 6.07) is 0. The van der Waals surface area contributed by atoms with Gasteiger partial charge in [0.25, 0.3) is 0 Å². The van der Waals surface area contributed by atoms with Crippen LogP contribution in [0.15, 0.2) is 0 Å². The molecular formula is C8H14O5. The fraction of sp³-hybridized carbons (Fsp3) is 1.00. The minimum Gasteiger partial charge on any atom is -0.385 e. The Morgan fingerprint density at radius 1 is 1.31 bits per heavy atom. The monoisotopic (exact) mass is 190 g/mol. The van der Waals surface area contributed by atoms with Crippen molar-refractivity contribution in [1.82, 2.24) is 0 Å². The van der Waals surface area contributed by atoms with E-state index in [0.29, 0.717) is 0 Å². The Hall–Kier alpha value is -0.200. The first kappa shape index (κ1) is 9.36. The Bertz CT molecular complexity index is 205. The molecule has 76 valence electrons. The molecule has 4 atom stereocenters. The average molecular weight is 190 g/mol. The van der Waals surface area contributed by atoms with Gasteiger partial charge in [-0.1, -0.05) is 0 Å². The smallest absolute Gasteiger partial charge is 0.193 e. The van der Waals surface area contributed by atoms with Crippen molar-refractivity contribution in [2.75, 3.05) is 7.11 Å². The van der Waals surface area contributed by atoms with Crippen LogP contribution in [-0.4, -0.2) is 42.8 Å². The van der Waals surface area contributed by atoms with Crippen LogP contribution in [0.5, 0.6) is 0 Å². The van der Waals surface area contributed by atoms with Crippen molar-refractivity contribution >= 4 is 0 Å². The maximum Gasteiger partial charge on any atom is 0.193 e. The minimum atomic E-state index is -0.781. The summed E-state index contributed by atoms with van der Waals surface area (Å²) >= 11 is 0. The van der Waals surface area contributed by atoms with Gasteiger partial charge < -0.3 is 24.1 Å². The Morgan fingerprint density at radius 2 is 2.00 bits per heavy atom. The molecule has 2 rings (SSSR count). The second-order valence-corrected chi connectivity index (χ2v) is 3.70. The van der Waals surface area contributed by atoms with Gasteiger partial charge in [0.1, 0.15) is 12.2 Å². The number of hydrogen-bond donors (Lipinski definition) is 1. The second kappa shape index (κ2) is 2.90. The predicted molar refractivity (Wildman–Crippen MR) is 41.7 cm³/mol. The quantitative estimate of drug-likeness (QED) is 0.622. The third-order valence-electron chi connectivity index (χ3n) is 2.20. The lowest BCUT2D eigenvalue weighted by atomic mass is 10.2. The van der Waals surface area contributed by atoms with Crippen molar-refractivity contribution in [2.45, 2.75) is 44.4 Å². The van der Waals surface area contributed by atoms with Gasteiger partial charge in [-0.15, -0.1) is 0 Å². The van der Waals surface area contributed by atoms with Crippen LogP contribution >= 0.6 is 0 Å². The van der Waals surface area contributed by atoms with E-state index in [1.165, 1.54) is 7.11 Å². The van der Waals surface area contributed by atoms with Crippen LogP contribution < -0.4 is 0 Å². The fourth-order valence-corrected chi connectivity index (χ4v) is 1.66. The van der Waals surface area contributed by atoms with Gasteiger partial charge in [0.15, 0.2) is 18.4 Å². The molecule has 1 N–H and O–H groups in total. The fourth-order valence-electron chi connectivity index (χ4n) is 1.66. The van der Waals surface area contributed by atoms with Crippen LogP contribution in [0.1, 0.15) is 13.8 Å². The summed E-state index contributed by atoms with van der Waals surface area (Å²) < 4.78 is 21.0. The van der Waals surface area contributed by atoms with Crippen molar-refractivity contribution < 1.29 is 24.1 Å². The van der Waals surface area contributed by atoms with Crippen LogP contribution in [0.25, 0.3) is 0 Å². The molecule has 2 unspecified atom stereocenters. The third kappa shape index (κ3) is 1.47. The van der Waals surface area contributed by atoms with Crippen molar-refractivity contribution in [1.29, 1.82) is 0 Å². The topological polar surface area (TPSA) is 57.2 Å². The molecular weight excluding hydrogens is 176 g/mol. The summed E-state index contributed by atoms with van der Waals surface area (Å²) in [5.41, 5.74) is 0. The first-order valence-corrected chi connectivity index (χ1v) is 4.25. The molecule has 2 aliphatic rings. The van der Waals surface area contributed by atoms with E-state index in [-0.39, 0.29) is 0 Å². The Kier molecular flexibility index (Phi) is 2.08. The molecule has 0 saturated carbocycles. The van der Waals surface area contributed by atoms with Crippen LogP contribution in [0.3, 0.4) is 0 Å². The lowest BCUT2D eigenvalue weighted by Crippen LogP contribution is -2.35. The normalized spacial score (nSPS) is 48.0. The van der Waals surface area contributed by atoms with Crippen molar-refractivity contribution in [2.24, 2.45) is 0 Å². The summed E-state index contributed by atoms with van der Waals surface area (Å²) in [4.78, 5) is 0. The third-order valence-corrected chi connectivity index (χ3v) is 2.20. The molecule has 5 heteroatoms. The SMILES string of the molecule is CO[C@H]1OC2OC(C)(C)OC2[C@H]1O. The number of rotatable bonds is 1. The zero-order chi connectivity index (χ0) is 9.64. The van der Waals surface area contributed by atoms with E-state index in [0.717, 1.165) is 0 Å². The maximum atomic E-state index is 9.64. The minimum absolute atomic E-state index is 0.444. The summed E-state index contributed by atoms with van der Waals surface area (Å²) in [5, 5.41) is 9.64. The summed E-state index contributed by atoms with van der Waals surface area (Å²) in [5.74, 6) is -0.685. The zero-order valence-electron chi connectivity index (χ0n) is 7.89. The largest absolute Gasteiger partial charge is 0.385 e. The van der Waals surface area contributed by atoms with E-state index in [1.54, 1.807) is 13.8 Å². The number of aliphatic hydroxyl groups is 1. The van der Waals surface area contributed by atoms with E-state index in [4.69, 9.17) is 18.9 Å². The molecule has 0 amide bonds. The number of fused-ring (bicyclic) bond motifs is 1. The molecule has 2 saturated heterocycles. The summed E-state index contributed by atoms with van der Waals surface area (Å²) in [6.45, 7) is 3.56. The standard InChI is InChI=1S/C8H14O5/c1-8(2)12-5-4(9)6(10-3)11-7(5)13-8/h4-7,9H,1-3H3/t4-,5?,6+,7?/m1/s1. The highest BCUT2D eigenvalue weighted by atomic mass is 16.9. The number of ether oxygens (including phenoxy) is 4. The highest BCUT2D eigenvalue weighted by Crippen LogP contribution is 2.37. The zero-order valence-corrected chi connectivity index (χ0v) is 7.89. The number of methoxy groups -OCH3 is 1. The van der Waals surface area contributed by atoms with E-state index in [1.807, 2.05) is 0 Å². The van der Waals surface area contributed by atoms with Crippen LogP contribution in [0.2, 0.25) is 0 Å². The molecule has 0 aromatic heterocycles. The first-order chi connectivity index (χ1) is 6.03. The average Bonchev–Trinajstić information content (AvgIpc) is 2.47. The lowest BCUT2D eigenvalue weighted by molar-refractivity contribution is -0.255. The van der Waals surface area contributed by atoms with Gasteiger partial charge in [0, 0.05) is 7.11 Å². The molecule has 0 bridgehead atoms. The molecule has 2 heterocycles. The van der Waals surface area contributed by atoms with Crippen molar-refractivity contribution in [3.05, 3.63) is 0 Å². The van der Waals surface area contributed by atoms with Gasteiger partial charge in [-0.3, -0.25) is 0 Å². The van der Waals surface area contributed by atoms with E-state index in [9.17, 15) is 5.11 Å². The Labute approximate surface area is 76.5 Å². The lowest BCUT2D eigenvalue weighted by Gasteiger charge is -2.21. The summed E-state index contributed by atoms with van der Waals surface area (Å²) in [7, 11) is 1.47. The molecule has 5 nitrogen and oxygen atoms in total. The van der Waals surface area contributed by atoms with E-state index < -0.39 is 30.6 Å². The molecule has 2 aliphatic heterocycles. The molecule has 0 aromatic carbocycles. The molecule has 2 fully saturated rings. The predicted octanol–water partition coefficient (Wildman–Crippen LogP) is -0.172. The molecule has 0 aliphatic carbocycles. The maximum absolute atomic E-state index is 9.64. The van der Waals surface area contributed by atoms with Gasteiger partial charge in [0.2, 0.25) is 0 Å². The molecule has 13 heavy (non-hydrogen) atoms. The first-order valence-electron chi connectivity index (χ1n) is 4.25. The van der Waals surface area contributed by atoms with Gasteiger partial charge in [-0.05, 0) is 13.8 Å². The number of hydrogen-bond acceptors (Lipinski definition) is 5. The van der Waals surface area contributed by atoms with Crippen LogP contribution in [0.4, 0.5) is 0 Å².